The van der Waals surface area contributed by atoms with Gasteiger partial charge in [0.2, 0.25) is 5.89 Å². The lowest BCUT2D eigenvalue weighted by molar-refractivity contribution is 0.371. The van der Waals surface area contributed by atoms with E-state index in [-0.39, 0.29) is 24.0 Å². The number of hydrogen-bond acceptors (Lipinski definition) is 5. The second-order valence-electron chi connectivity index (χ2n) is 6.54. The van der Waals surface area contributed by atoms with Crippen molar-refractivity contribution in [2.45, 2.75) is 31.1 Å². The molecular formula is C19H28IN5OS. The molecule has 2 heterocycles. The van der Waals surface area contributed by atoms with E-state index in [4.69, 9.17) is 4.52 Å². The van der Waals surface area contributed by atoms with Crippen LogP contribution in [-0.4, -0.2) is 53.4 Å². The van der Waals surface area contributed by atoms with Crippen LogP contribution in [-0.2, 0) is 6.42 Å². The van der Waals surface area contributed by atoms with E-state index in [1.54, 1.807) is 0 Å². The SMILES string of the molecule is CN=C(NCCCc1nc(C)no1)N1CCC(CSc2ccccc2)C1.I. The molecule has 0 spiro atoms. The lowest BCUT2D eigenvalue weighted by atomic mass is 10.2. The van der Waals surface area contributed by atoms with Gasteiger partial charge < -0.3 is 14.7 Å². The zero-order valence-corrected chi connectivity index (χ0v) is 19.1. The van der Waals surface area contributed by atoms with Gasteiger partial charge >= 0.3 is 0 Å². The molecule has 148 valence electrons. The first-order chi connectivity index (χ1) is 12.7. The van der Waals surface area contributed by atoms with Crippen molar-refractivity contribution in [3.63, 3.8) is 0 Å². The number of hydrogen-bond donors (Lipinski definition) is 1. The van der Waals surface area contributed by atoms with Crippen molar-refractivity contribution < 1.29 is 4.52 Å². The maximum Gasteiger partial charge on any atom is 0.226 e. The first-order valence-electron chi connectivity index (χ1n) is 9.17. The number of thioether (sulfide) groups is 1. The molecule has 0 aliphatic carbocycles. The van der Waals surface area contributed by atoms with Crippen molar-refractivity contribution in [2.75, 3.05) is 32.4 Å². The summed E-state index contributed by atoms with van der Waals surface area (Å²) in [4.78, 5) is 12.4. The minimum Gasteiger partial charge on any atom is -0.356 e. The number of likely N-dealkylation sites (tertiary alicyclic amines) is 1. The van der Waals surface area contributed by atoms with Crippen LogP contribution in [0.2, 0.25) is 0 Å². The van der Waals surface area contributed by atoms with Gasteiger partial charge in [0.25, 0.3) is 0 Å². The molecule has 0 saturated carbocycles. The number of nitrogens with one attached hydrogen (secondary N) is 1. The highest BCUT2D eigenvalue weighted by atomic mass is 127. The summed E-state index contributed by atoms with van der Waals surface area (Å²) in [6.07, 6.45) is 2.96. The largest absolute Gasteiger partial charge is 0.356 e. The van der Waals surface area contributed by atoms with Crippen molar-refractivity contribution in [3.05, 3.63) is 42.0 Å². The Morgan fingerprint density at radius 1 is 1.37 bits per heavy atom. The van der Waals surface area contributed by atoms with Gasteiger partial charge in [-0.3, -0.25) is 4.99 Å². The first kappa shape index (κ1) is 22.0. The van der Waals surface area contributed by atoms with Crippen molar-refractivity contribution in [3.8, 4) is 0 Å². The van der Waals surface area contributed by atoms with Crippen LogP contribution in [0.5, 0.6) is 0 Å². The van der Waals surface area contributed by atoms with Gasteiger partial charge in [0, 0.05) is 43.8 Å². The summed E-state index contributed by atoms with van der Waals surface area (Å²) >= 11 is 1.95. The highest BCUT2D eigenvalue weighted by molar-refractivity contribution is 14.0. The Hall–Kier alpha value is -1.29. The van der Waals surface area contributed by atoms with Crippen LogP contribution in [0.3, 0.4) is 0 Å². The molecule has 1 aromatic carbocycles. The van der Waals surface area contributed by atoms with Crippen LogP contribution in [0.25, 0.3) is 0 Å². The molecular weight excluding hydrogens is 473 g/mol. The minimum atomic E-state index is 0. The van der Waals surface area contributed by atoms with Gasteiger partial charge in [0.1, 0.15) is 0 Å². The van der Waals surface area contributed by atoms with Crippen LogP contribution in [0.4, 0.5) is 0 Å². The van der Waals surface area contributed by atoms with Crippen LogP contribution in [0, 0.1) is 12.8 Å². The summed E-state index contributed by atoms with van der Waals surface area (Å²) in [6.45, 7) is 4.84. The van der Waals surface area contributed by atoms with Gasteiger partial charge in [0.05, 0.1) is 0 Å². The third-order valence-electron chi connectivity index (χ3n) is 4.45. The van der Waals surface area contributed by atoms with Gasteiger partial charge in [0.15, 0.2) is 11.8 Å². The number of guanidine groups is 1. The predicted octanol–water partition coefficient (Wildman–Crippen LogP) is 3.62. The van der Waals surface area contributed by atoms with Gasteiger partial charge in [-0.2, -0.15) is 4.98 Å². The molecule has 1 saturated heterocycles. The van der Waals surface area contributed by atoms with Crippen LogP contribution in [0.15, 0.2) is 44.7 Å². The summed E-state index contributed by atoms with van der Waals surface area (Å²) in [5, 5.41) is 7.28. The molecule has 0 bridgehead atoms. The molecule has 1 unspecified atom stereocenters. The maximum absolute atomic E-state index is 5.14. The molecule has 1 aliphatic heterocycles. The number of aryl methyl sites for hydroxylation is 2. The van der Waals surface area contributed by atoms with Crippen molar-refractivity contribution in [2.24, 2.45) is 10.9 Å². The van der Waals surface area contributed by atoms with Gasteiger partial charge in [-0.1, -0.05) is 23.4 Å². The fourth-order valence-corrected chi connectivity index (χ4v) is 4.16. The Bertz CT molecular complexity index is 709. The number of benzene rings is 1. The zero-order valence-electron chi connectivity index (χ0n) is 15.9. The molecule has 27 heavy (non-hydrogen) atoms. The van der Waals surface area contributed by atoms with Crippen LogP contribution < -0.4 is 5.32 Å². The third kappa shape index (κ3) is 6.99. The monoisotopic (exact) mass is 501 g/mol. The Kier molecular flexibility index (Phi) is 9.40. The van der Waals surface area contributed by atoms with Crippen molar-refractivity contribution in [1.29, 1.82) is 0 Å². The Morgan fingerprint density at radius 3 is 2.89 bits per heavy atom. The fraction of sp³-hybridized carbons (Fsp3) is 0.526. The molecule has 1 aromatic heterocycles. The second-order valence-corrected chi connectivity index (χ2v) is 7.63. The lowest BCUT2D eigenvalue weighted by Gasteiger charge is -2.21. The number of aromatic nitrogens is 2. The Morgan fingerprint density at radius 2 is 2.19 bits per heavy atom. The maximum atomic E-state index is 5.14. The molecule has 6 nitrogen and oxygen atoms in total. The van der Waals surface area contributed by atoms with Crippen LogP contribution >= 0.6 is 35.7 Å². The molecule has 1 N–H and O–H groups in total. The van der Waals surface area contributed by atoms with Gasteiger partial charge in [-0.15, -0.1) is 35.7 Å². The summed E-state index contributed by atoms with van der Waals surface area (Å²) in [5.74, 6) is 4.27. The number of nitrogens with zero attached hydrogens (tertiary/aromatic N) is 4. The highest BCUT2D eigenvalue weighted by Crippen LogP contribution is 2.25. The fourth-order valence-electron chi connectivity index (χ4n) is 3.11. The van der Waals surface area contributed by atoms with E-state index < -0.39 is 0 Å². The van der Waals surface area contributed by atoms with Crippen molar-refractivity contribution >= 4 is 41.7 Å². The normalized spacial score (nSPS) is 17.0. The molecule has 2 aromatic rings. The minimum absolute atomic E-state index is 0. The van der Waals surface area contributed by atoms with E-state index in [0.29, 0.717) is 17.6 Å². The molecule has 3 rings (SSSR count). The summed E-state index contributed by atoms with van der Waals surface area (Å²) in [7, 11) is 1.86. The Labute approximate surface area is 182 Å². The summed E-state index contributed by atoms with van der Waals surface area (Å²) in [6, 6.07) is 10.6. The van der Waals surface area contributed by atoms with E-state index in [9.17, 15) is 0 Å². The van der Waals surface area contributed by atoms with E-state index >= 15 is 0 Å². The van der Waals surface area contributed by atoms with E-state index in [2.05, 4.69) is 55.7 Å². The number of rotatable bonds is 7. The van der Waals surface area contributed by atoms with E-state index in [0.717, 1.165) is 44.2 Å². The van der Waals surface area contributed by atoms with E-state index in [1.165, 1.54) is 11.3 Å². The highest BCUT2D eigenvalue weighted by Gasteiger charge is 2.24. The smallest absolute Gasteiger partial charge is 0.226 e. The van der Waals surface area contributed by atoms with Gasteiger partial charge in [-0.05, 0) is 37.8 Å². The topological polar surface area (TPSA) is 66.5 Å². The Balaban J connectivity index is 0.00000261. The summed E-state index contributed by atoms with van der Waals surface area (Å²) < 4.78 is 5.14. The number of halogens is 1. The van der Waals surface area contributed by atoms with Crippen molar-refractivity contribution in [1.82, 2.24) is 20.4 Å². The standard InChI is InChI=1S/C19H27N5OS.HI/c1-15-22-18(25-23-15)9-6-11-21-19(20-2)24-12-10-16(13-24)14-26-17-7-4-3-5-8-17;/h3-5,7-8,16H,6,9-14H2,1-2H3,(H,20,21);1H. The average molecular weight is 501 g/mol. The lowest BCUT2D eigenvalue weighted by Crippen LogP contribution is -2.40. The third-order valence-corrected chi connectivity index (χ3v) is 5.69. The predicted molar refractivity (Wildman–Crippen MR) is 121 cm³/mol. The summed E-state index contributed by atoms with van der Waals surface area (Å²) in [5.41, 5.74) is 0. The molecule has 1 aliphatic rings. The van der Waals surface area contributed by atoms with Gasteiger partial charge in [-0.25, -0.2) is 0 Å². The zero-order chi connectivity index (χ0) is 18.2. The number of aliphatic imine (C=N–C) groups is 1. The molecule has 8 heteroatoms. The molecule has 1 atom stereocenters. The molecule has 0 amide bonds. The quantitative estimate of drug-likeness (QED) is 0.206. The molecule has 1 fully saturated rings. The van der Waals surface area contributed by atoms with E-state index in [1.807, 2.05) is 25.7 Å². The average Bonchev–Trinajstić information content (AvgIpc) is 3.30. The van der Waals surface area contributed by atoms with Crippen LogP contribution in [0.1, 0.15) is 24.6 Å². The first-order valence-corrected chi connectivity index (χ1v) is 10.2. The second kappa shape index (κ2) is 11.5. The molecule has 0 radical (unpaired) electrons.